The van der Waals surface area contributed by atoms with Gasteiger partial charge in [-0.05, 0) is 58.7 Å². The van der Waals surface area contributed by atoms with Crippen molar-refractivity contribution in [2.75, 3.05) is 13.2 Å². The zero-order valence-corrected chi connectivity index (χ0v) is 18.8. The van der Waals surface area contributed by atoms with E-state index in [0.717, 1.165) is 33.4 Å². The van der Waals surface area contributed by atoms with Crippen molar-refractivity contribution in [2.45, 2.75) is 18.9 Å². The lowest BCUT2D eigenvalue weighted by atomic mass is 10.2. The van der Waals surface area contributed by atoms with Gasteiger partial charge in [0.15, 0.2) is 8.93 Å². The zero-order chi connectivity index (χ0) is 18.8. The van der Waals surface area contributed by atoms with Gasteiger partial charge in [-0.15, -0.1) is 0 Å². The second-order valence-electron chi connectivity index (χ2n) is 6.16. The number of benzene rings is 1. The minimum Gasteiger partial charge on any atom is -0.450 e. The van der Waals surface area contributed by atoms with Gasteiger partial charge in [-0.1, -0.05) is 18.2 Å². The number of carbonyl (C=O) groups excluding carboxylic acids is 1. The van der Waals surface area contributed by atoms with Crippen molar-refractivity contribution in [1.29, 1.82) is 0 Å². The number of amides is 1. The summed E-state index contributed by atoms with van der Waals surface area (Å²) in [4.78, 5) is 20.1. The number of ether oxygens (including phenoxy) is 1. The van der Waals surface area contributed by atoms with Crippen molar-refractivity contribution < 1.29 is 13.9 Å². The number of carbonyl (C=O) groups is 1. The van der Waals surface area contributed by atoms with Crippen LogP contribution in [0.3, 0.4) is 0 Å². The lowest BCUT2D eigenvalue weighted by Crippen LogP contribution is -2.36. The first-order valence-electron chi connectivity index (χ1n) is 8.52. The molecule has 0 aliphatic carbocycles. The maximum absolute atomic E-state index is 13.0. The van der Waals surface area contributed by atoms with Gasteiger partial charge < -0.3 is 9.15 Å². The van der Waals surface area contributed by atoms with E-state index in [1.807, 2.05) is 36.4 Å². The van der Waals surface area contributed by atoms with Crippen molar-refractivity contribution in [2.24, 2.45) is 4.99 Å². The molecular formula is C19H16BrIN2O3S. The van der Waals surface area contributed by atoms with Crippen LogP contribution >= 0.6 is 50.3 Å². The van der Waals surface area contributed by atoms with Crippen LogP contribution in [0.5, 0.6) is 0 Å². The van der Waals surface area contributed by atoms with E-state index in [1.54, 1.807) is 11.0 Å². The Balaban J connectivity index is 1.65. The van der Waals surface area contributed by atoms with Gasteiger partial charge in [0.2, 0.25) is 0 Å². The fraction of sp³-hybridized carbons (Fsp3) is 0.263. The van der Waals surface area contributed by atoms with E-state index < -0.39 is 0 Å². The zero-order valence-electron chi connectivity index (χ0n) is 14.2. The topological polar surface area (TPSA) is 55.0 Å². The van der Waals surface area contributed by atoms with Crippen molar-refractivity contribution in [3.05, 3.63) is 55.3 Å². The molecule has 4 rings (SSSR count). The summed E-state index contributed by atoms with van der Waals surface area (Å²) < 4.78 is 13.0. The molecular weight excluding hydrogens is 543 g/mol. The molecule has 0 radical (unpaired) electrons. The van der Waals surface area contributed by atoms with E-state index in [0.29, 0.717) is 22.4 Å². The predicted molar refractivity (Wildman–Crippen MR) is 119 cm³/mol. The highest BCUT2D eigenvalue weighted by atomic mass is 127. The molecule has 2 fully saturated rings. The molecule has 2 aliphatic rings. The molecule has 0 bridgehead atoms. The average Bonchev–Trinajstić information content (AvgIpc) is 3.35. The molecule has 1 amide bonds. The third-order valence-electron chi connectivity index (χ3n) is 4.22. The number of hydrogen-bond acceptors (Lipinski definition) is 5. The first-order valence-corrected chi connectivity index (χ1v) is 11.2. The SMILES string of the molecule is O=C1/C(=C/c2cc(Br)c(I)o2)SC(=Nc2ccccc2)N1C[C@H]1CCCO1. The second-order valence-corrected chi connectivity index (χ2v) is 9.00. The Morgan fingerprint density at radius 1 is 1.37 bits per heavy atom. The smallest absolute Gasteiger partial charge is 0.266 e. The van der Waals surface area contributed by atoms with Crippen LogP contribution in [0.2, 0.25) is 0 Å². The Morgan fingerprint density at radius 2 is 2.19 bits per heavy atom. The summed E-state index contributed by atoms with van der Waals surface area (Å²) in [5, 5.41) is 0.674. The standard InChI is InChI=1S/C19H16BrIN2O3S/c20-15-9-14(26-17(15)21)10-16-18(24)23(11-13-7-4-8-25-13)19(27-16)22-12-5-2-1-3-6-12/h1-3,5-6,9-10,13H,4,7-8,11H2/b16-10-,22-19?/t13-/m1/s1. The van der Waals surface area contributed by atoms with Crippen LogP contribution in [-0.2, 0) is 9.53 Å². The van der Waals surface area contributed by atoms with E-state index in [9.17, 15) is 4.79 Å². The Hall–Kier alpha value is -1.10. The van der Waals surface area contributed by atoms with Gasteiger partial charge in [0.1, 0.15) is 5.76 Å². The van der Waals surface area contributed by atoms with Crippen molar-refractivity contribution in [1.82, 2.24) is 4.90 Å². The first kappa shape index (κ1) is 19.2. The first-order chi connectivity index (χ1) is 13.1. The summed E-state index contributed by atoms with van der Waals surface area (Å²) in [6.45, 7) is 1.28. The van der Waals surface area contributed by atoms with Crippen molar-refractivity contribution >= 4 is 73.1 Å². The molecule has 140 valence electrons. The largest absolute Gasteiger partial charge is 0.450 e. The molecule has 2 aromatic rings. The molecule has 2 aliphatic heterocycles. The number of para-hydroxylation sites is 1. The van der Waals surface area contributed by atoms with Gasteiger partial charge in [-0.3, -0.25) is 9.69 Å². The van der Waals surface area contributed by atoms with Crippen molar-refractivity contribution in [3.63, 3.8) is 0 Å². The summed E-state index contributed by atoms with van der Waals surface area (Å²) in [7, 11) is 0. The molecule has 1 aromatic heterocycles. The number of thioether (sulfide) groups is 1. The highest BCUT2D eigenvalue weighted by molar-refractivity contribution is 14.1. The van der Waals surface area contributed by atoms with Gasteiger partial charge in [-0.2, -0.15) is 0 Å². The minimum absolute atomic E-state index is 0.0623. The highest BCUT2D eigenvalue weighted by Gasteiger charge is 2.36. The number of furan rings is 1. The van der Waals surface area contributed by atoms with Gasteiger partial charge in [0.05, 0.1) is 27.7 Å². The fourth-order valence-corrected chi connectivity index (χ4v) is 4.63. The number of rotatable bonds is 4. The van der Waals surface area contributed by atoms with Crippen LogP contribution in [0.25, 0.3) is 6.08 Å². The molecule has 1 atom stereocenters. The fourth-order valence-electron chi connectivity index (χ4n) is 2.92. The lowest BCUT2D eigenvalue weighted by Gasteiger charge is -2.19. The summed E-state index contributed by atoms with van der Waals surface area (Å²) in [6, 6.07) is 11.5. The number of nitrogens with zero attached hydrogens (tertiary/aromatic N) is 2. The van der Waals surface area contributed by atoms with E-state index >= 15 is 0 Å². The number of aliphatic imine (C=N–C) groups is 1. The van der Waals surface area contributed by atoms with Crippen LogP contribution in [0.4, 0.5) is 5.69 Å². The monoisotopic (exact) mass is 558 g/mol. The van der Waals surface area contributed by atoms with E-state index in [-0.39, 0.29) is 12.0 Å². The molecule has 5 nitrogen and oxygen atoms in total. The third kappa shape index (κ3) is 4.49. The molecule has 0 N–H and O–H groups in total. The normalized spacial score (nSPS) is 23.1. The molecule has 27 heavy (non-hydrogen) atoms. The molecule has 3 heterocycles. The quantitative estimate of drug-likeness (QED) is 0.371. The second kappa shape index (κ2) is 8.50. The summed E-state index contributed by atoms with van der Waals surface area (Å²) in [6.07, 6.45) is 3.84. The predicted octanol–water partition coefficient (Wildman–Crippen LogP) is 5.43. The molecule has 1 aromatic carbocycles. The van der Waals surface area contributed by atoms with Crippen LogP contribution < -0.4 is 0 Å². The molecule has 0 unspecified atom stereocenters. The van der Waals surface area contributed by atoms with Crippen molar-refractivity contribution in [3.8, 4) is 0 Å². The molecule has 8 heteroatoms. The van der Waals surface area contributed by atoms with Gasteiger partial charge in [0.25, 0.3) is 5.91 Å². The average molecular weight is 559 g/mol. The highest BCUT2D eigenvalue weighted by Crippen LogP contribution is 2.36. The third-order valence-corrected chi connectivity index (χ3v) is 7.35. The van der Waals surface area contributed by atoms with E-state index in [1.165, 1.54) is 11.8 Å². The van der Waals surface area contributed by atoms with Crippen LogP contribution in [-0.4, -0.2) is 35.2 Å². The summed E-state index contributed by atoms with van der Waals surface area (Å²) in [5.41, 5.74) is 0.821. The Bertz CT molecular complexity index is 887. The minimum atomic E-state index is -0.0623. The van der Waals surface area contributed by atoms with E-state index in [2.05, 4.69) is 38.5 Å². The number of hydrogen-bond donors (Lipinski definition) is 0. The molecule has 0 saturated carbocycles. The summed E-state index contributed by atoms with van der Waals surface area (Å²) in [5.74, 6) is 0.577. The maximum atomic E-state index is 13.0. The number of halogens is 2. The summed E-state index contributed by atoms with van der Waals surface area (Å²) >= 11 is 6.91. The van der Waals surface area contributed by atoms with E-state index in [4.69, 9.17) is 14.1 Å². The Morgan fingerprint density at radius 3 is 2.85 bits per heavy atom. The molecule has 2 saturated heterocycles. The van der Waals surface area contributed by atoms with Gasteiger partial charge in [-0.25, -0.2) is 4.99 Å². The Kier molecular flexibility index (Phi) is 6.05. The van der Waals surface area contributed by atoms with Crippen LogP contribution in [0.15, 0.2) is 55.2 Å². The van der Waals surface area contributed by atoms with Crippen LogP contribution in [0, 0.1) is 3.77 Å². The van der Waals surface area contributed by atoms with Crippen LogP contribution in [0.1, 0.15) is 18.6 Å². The lowest BCUT2D eigenvalue weighted by molar-refractivity contribution is -0.123. The van der Waals surface area contributed by atoms with Gasteiger partial charge in [0, 0.05) is 35.3 Å². The van der Waals surface area contributed by atoms with Gasteiger partial charge >= 0.3 is 0 Å². The Labute approximate surface area is 183 Å². The number of amidine groups is 1. The maximum Gasteiger partial charge on any atom is 0.266 e. The molecule has 0 spiro atoms.